The lowest BCUT2D eigenvalue weighted by Crippen LogP contribution is -2.42. The Morgan fingerprint density at radius 1 is 1.55 bits per heavy atom. The van der Waals surface area contributed by atoms with Crippen molar-refractivity contribution in [1.29, 1.82) is 0 Å². The first kappa shape index (κ1) is 9.61. The molecule has 0 bridgehead atoms. The molecule has 1 nitrogen and oxygen atoms in total. The van der Waals surface area contributed by atoms with Crippen molar-refractivity contribution in [2.24, 2.45) is 0 Å². The average Bonchev–Trinajstić information content (AvgIpc) is 2.06. The van der Waals surface area contributed by atoms with E-state index >= 15 is 0 Å². The molecule has 0 N–H and O–H groups in total. The van der Waals surface area contributed by atoms with Gasteiger partial charge in [0.1, 0.15) is 0 Å². The van der Waals surface area contributed by atoms with E-state index in [-0.39, 0.29) is 4.37 Å². The Morgan fingerprint density at radius 3 is 2.73 bits per heavy atom. The third-order valence-corrected chi connectivity index (χ3v) is 6.34. The highest BCUT2D eigenvalue weighted by Gasteiger charge is 2.34. The maximum absolute atomic E-state index is 5.76. The van der Waals surface area contributed by atoms with Gasteiger partial charge in [0.25, 0.3) is 0 Å². The van der Waals surface area contributed by atoms with Crippen LogP contribution in [0.5, 0.6) is 0 Å². The minimum Gasteiger partial charge on any atom is -0.415 e. The summed E-state index contributed by atoms with van der Waals surface area (Å²) in [4.78, 5) is 0. The molecule has 1 radical (unpaired) electrons. The van der Waals surface area contributed by atoms with Crippen LogP contribution in [0.1, 0.15) is 33.1 Å². The first-order valence-corrected chi connectivity index (χ1v) is 6.44. The molecule has 0 aliphatic carbocycles. The van der Waals surface area contributed by atoms with Crippen molar-refractivity contribution in [3.8, 4) is 0 Å². The van der Waals surface area contributed by atoms with Crippen LogP contribution in [0, 0.1) is 0 Å². The lowest BCUT2D eigenvalue weighted by Gasteiger charge is -2.32. The molecule has 0 spiro atoms. The number of rotatable bonds is 2. The predicted octanol–water partition coefficient (Wildman–Crippen LogP) is 2.43. The first-order chi connectivity index (χ1) is 5.17. The molecule has 0 saturated carbocycles. The normalized spacial score (nSPS) is 26.5. The number of hydrogen-bond acceptors (Lipinski definition) is 2. The summed E-state index contributed by atoms with van der Waals surface area (Å²) >= 11 is 4.65. The maximum Gasteiger partial charge on any atom is 0.227 e. The lowest BCUT2D eigenvalue weighted by molar-refractivity contribution is 0.277. The van der Waals surface area contributed by atoms with Gasteiger partial charge in [-0.15, -0.1) is 0 Å². The van der Waals surface area contributed by atoms with Gasteiger partial charge in [0.15, 0.2) is 0 Å². The SMILES string of the molecule is CCC(C)(S)[Si]1CCCCO1. The molecule has 1 aliphatic heterocycles. The molecule has 1 heterocycles. The van der Waals surface area contributed by atoms with E-state index in [1.165, 1.54) is 18.9 Å². The molecule has 0 aromatic rings. The van der Waals surface area contributed by atoms with E-state index in [2.05, 4.69) is 26.5 Å². The minimum absolute atomic E-state index is 0.186. The zero-order valence-electron chi connectivity index (χ0n) is 7.39. The summed E-state index contributed by atoms with van der Waals surface area (Å²) in [5.74, 6) is 0. The monoisotopic (exact) mass is 189 g/mol. The van der Waals surface area contributed by atoms with Gasteiger partial charge in [-0.3, -0.25) is 0 Å². The van der Waals surface area contributed by atoms with Crippen molar-refractivity contribution in [2.75, 3.05) is 6.61 Å². The fraction of sp³-hybridized carbons (Fsp3) is 1.00. The van der Waals surface area contributed by atoms with Crippen molar-refractivity contribution < 1.29 is 4.43 Å². The standard InChI is InChI=1S/C8H17OSSi/c1-3-8(2,10)11-7-5-4-6-9-11/h10H,3-7H2,1-2H3. The van der Waals surface area contributed by atoms with Gasteiger partial charge in [-0.25, -0.2) is 0 Å². The third-order valence-electron chi connectivity index (χ3n) is 2.36. The quantitative estimate of drug-likeness (QED) is 0.518. The largest absolute Gasteiger partial charge is 0.415 e. The molecular weight excluding hydrogens is 172 g/mol. The van der Waals surface area contributed by atoms with E-state index < -0.39 is 9.04 Å². The average molecular weight is 189 g/mol. The molecule has 0 amide bonds. The molecule has 65 valence electrons. The zero-order valence-corrected chi connectivity index (χ0v) is 9.29. The Morgan fingerprint density at radius 2 is 2.27 bits per heavy atom. The van der Waals surface area contributed by atoms with Gasteiger partial charge in [-0.05, 0) is 18.9 Å². The topological polar surface area (TPSA) is 9.23 Å². The van der Waals surface area contributed by atoms with E-state index in [4.69, 9.17) is 4.43 Å². The highest BCUT2D eigenvalue weighted by Crippen LogP contribution is 2.28. The van der Waals surface area contributed by atoms with Crippen molar-refractivity contribution in [3.63, 3.8) is 0 Å². The highest BCUT2D eigenvalue weighted by molar-refractivity contribution is 7.83. The van der Waals surface area contributed by atoms with Crippen LogP contribution in [0.25, 0.3) is 0 Å². The second-order valence-electron chi connectivity index (χ2n) is 3.36. The van der Waals surface area contributed by atoms with Crippen molar-refractivity contribution in [1.82, 2.24) is 0 Å². The van der Waals surface area contributed by atoms with Gasteiger partial charge in [0, 0.05) is 11.0 Å². The van der Waals surface area contributed by atoms with E-state index in [1.807, 2.05) is 0 Å². The molecule has 1 rings (SSSR count). The van der Waals surface area contributed by atoms with E-state index in [1.54, 1.807) is 0 Å². The van der Waals surface area contributed by atoms with Crippen LogP contribution in [-0.2, 0) is 4.43 Å². The molecule has 1 unspecified atom stereocenters. The summed E-state index contributed by atoms with van der Waals surface area (Å²) in [5, 5.41) is 0. The Kier molecular flexibility index (Phi) is 3.46. The molecule has 0 aromatic carbocycles. The van der Waals surface area contributed by atoms with E-state index in [9.17, 15) is 0 Å². The van der Waals surface area contributed by atoms with Crippen molar-refractivity contribution in [2.45, 2.75) is 43.5 Å². The lowest BCUT2D eigenvalue weighted by atomic mass is 10.3. The Hall–Kier alpha value is 0.527. The summed E-state index contributed by atoms with van der Waals surface area (Å²) in [6.07, 6.45) is 3.73. The molecular formula is C8H17OSSi. The van der Waals surface area contributed by atoms with Crippen molar-refractivity contribution in [3.05, 3.63) is 0 Å². The molecule has 1 aliphatic rings. The molecule has 0 aromatic heterocycles. The van der Waals surface area contributed by atoms with Gasteiger partial charge in [-0.1, -0.05) is 20.3 Å². The van der Waals surface area contributed by atoms with Crippen LogP contribution in [0.4, 0.5) is 0 Å². The summed E-state index contributed by atoms with van der Waals surface area (Å²) in [6, 6.07) is 1.29. The van der Waals surface area contributed by atoms with Crippen molar-refractivity contribution >= 4 is 21.7 Å². The smallest absolute Gasteiger partial charge is 0.227 e. The van der Waals surface area contributed by atoms with Gasteiger partial charge in [-0.2, -0.15) is 12.6 Å². The van der Waals surface area contributed by atoms with Crippen LogP contribution >= 0.6 is 12.6 Å². The second kappa shape index (κ2) is 3.96. The summed E-state index contributed by atoms with van der Waals surface area (Å²) in [7, 11) is -0.611. The molecule has 1 saturated heterocycles. The minimum atomic E-state index is -0.611. The molecule has 1 fully saturated rings. The van der Waals surface area contributed by atoms with Gasteiger partial charge >= 0.3 is 0 Å². The van der Waals surface area contributed by atoms with E-state index in [0.717, 1.165) is 13.0 Å². The summed E-state index contributed by atoms with van der Waals surface area (Å²) in [5.41, 5.74) is 0. The fourth-order valence-corrected chi connectivity index (χ4v) is 4.16. The summed E-state index contributed by atoms with van der Waals surface area (Å²) in [6.45, 7) is 5.39. The summed E-state index contributed by atoms with van der Waals surface area (Å²) < 4.78 is 5.94. The Bertz CT molecular complexity index is 121. The number of hydrogen-bond donors (Lipinski definition) is 1. The van der Waals surface area contributed by atoms with Crippen LogP contribution in [0.3, 0.4) is 0 Å². The van der Waals surface area contributed by atoms with Crippen LogP contribution < -0.4 is 0 Å². The second-order valence-corrected chi connectivity index (χ2v) is 7.50. The van der Waals surface area contributed by atoms with Gasteiger partial charge in [0.2, 0.25) is 9.04 Å². The van der Waals surface area contributed by atoms with Gasteiger partial charge in [0.05, 0.1) is 0 Å². The third kappa shape index (κ3) is 2.49. The van der Waals surface area contributed by atoms with Crippen LogP contribution in [-0.4, -0.2) is 20.0 Å². The predicted molar refractivity (Wildman–Crippen MR) is 53.4 cm³/mol. The Labute approximate surface area is 76.7 Å². The number of thiol groups is 1. The maximum atomic E-state index is 5.76. The highest BCUT2D eigenvalue weighted by atomic mass is 32.1. The Balaban J connectivity index is 2.43. The van der Waals surface area contributed by atoms with Gasteiger partial charge < -0.3 is 4.43 Å². The molecule has 1 atom stereocenters. The van der Waals surface area contributed by atoms with Crippen LogP contribution in [0.15, 0.2) is 0 Å². The van der Waals surface area contributed by atoms with E-state index in [0.29, 0.717) is 0 Å². The zero-order chi connectivity index (χ0) is 8.32. The molecule has 3 heteroatoms. The first-order valence-electron chi connectivity index (χ1n) is 4.38. The van der Waals surface area contributed by atoms with Crippen LogP contribution in [0.2, 0.25) is 6.04 Å². The fourth-order valence-electron chi connectivity index (χ4n) is 1.28. The molecule has 11 heavy (non-hydrogen) atoms.